The second-order valence-corrected chi connectivity index (χ2v) is 3.84. The Hall–Kier alpha value is -1.56. The van der Waals surface area contributed by atoms with Crippen LogP contribution in [0.4, 0.5) is 6.01 Å². The van der Waals surface area contributed by atoms with Gasteiger partial charge in [0.2, 0.25) is 0 Å². The van der Waals surface area contributed by atoms with Crippen LogP contribution in [0.3, 0.4) is 0 Å². The molecular weight excluding hydrogens is 230 g/mol. The predicted octanol–water partition coefficient (Wildman–Crippen LogP) is 1.69. The molecule has 2 aromatic rings. The van der Waals surface area contributed by atoms with Gasteiger partial charge >= 0.3 is 6.01 Å². The van der Waals surface area contributed by atoms with Crippen molar-refractivity contribution < 1.29 is 4.52 Å². The summed E-state index contributed by atoms with van der Waals surface area (Å²) >= 11 is 6.08. The Bertz CT molecular complexity index is 504. The Labute approximate surface area is 97.6 Å². The fraction of sp³-hybridized carbons (Fsp3) is 0.444. The number of aryl methyl sites for hydroxylation is 3. The molecule has 2 aromatic heterocycles. The normalized spacial score (nSPS) is 10.8. The number of anilines is 1. The molecule has 0 bridgehead atoms. The zero-order valence-corrected chi connectivity index (χ0v) is 10.0. The molecule has 0 fully saturated rings. The van der Waals surface area contributed by atoms with Gasteiger partial charge in [0.15, 0.2) is 5.82 Å². The molecule has 1 N–H and O–H groups in total. The van der Waals surface area contributed by atoms with Crippen molar-refractivity contribution in [1.29, 1.82) is 0 Å². The predicted molar refractivity (Wildman–Crippen MR) is 59.3 cm³/mol. The third-order valence-electron chi connectivity index (χ3n) is 2.21. The molecule has 6 nitrogen and oxygen atoms in total. The van der Waals surface area contributed by atoms with Gasteiger partial charge in [-0.2, -0.15) is 10.1 Å². The number of hydrogen-bond donors (Lipinski definition) is 1. The summed E-state index contributed by atoms with van der Waals surface area (Å²) < 4.78 is 6.56. The third-order valence-corrected chi connectivity index (χ3v) is 2.69. The highest BCUT2D eigenvalue weighted by atomic mass is 35.5. The van der Waals surface area contributed by atoms with Gasteiger partial charge in [-0.3, -0.25) is 4.68 Å². The van der Waals surface area contributed by atoms with Crippen LogP contribution in [0.25, 0.3) is 0 Å². The highest BCUT2D eigenvalue weighted by Gasteiger charge is 2.11. The molecule has 2 rings (SSSR count). The van der Waals surface area contributed by atoms with Gasteiger partial charge in [0, 0.05) is 19.2 Å². The van der Waals surface area contributed by atoms with Crippen molar-refractivity contribution in [2.45, 2.75) is 20.4 Å². The van der Waals surface area contributed by atoms with Crippen LogP contribution in [0.15, 0.2) is 4.52 Å². The van der Waals surface area contributed by atoms with Crippen LogP contribution in [0.2, 0.25) is 5.15 Å². The summed E-state index contributed by atoms with van der Waals surface area (Å²) in [4.78, 5) is 4.03. The van der Waals surface area contributed by atoms with Gasteiger partial charge in [0.05, 0.1) is 5.69 Å². The minimum atomic E-state index is 0.386. The Kier molecular flexibility index (Phi) is 2.82. The van der Waals surface area contributed by atoms with Crippen molar-refractivity contribution in [2.75, 3.05) is 5.32 Å². The molecule has 16 heavy (non-hydrogen) atoms. The van der Waals surface area contributed by atoms with Crippen molar-refractivity contribution in [3.63, 3.8) is 0 Å². The Morgan fingerprint density at radius 2 is 2.19 bits per heavy atom. The molecule has 0 aliphatic rings. The van der Waals surface area contributed by atoms with E-state index in [-0.39, 0.29) is 0 Å². The summed E-state index contributed by atoms with van der Waals surface area (Å²) in [5.41, 5.74) is 1.82. The summed E-state index contributed by atoms with van der Waals surface area (Å²) in [6, 6.07) is 0.386. The number of halogens is 1. The molecular formula is C9H12ClN5O. The molecule has 0 radical (unpaired) electrons. The molecule has 0 aromatic carbocycles. The van der Waals surface area contributed by atoms with Crippen molar-refractivity contribution in [3.05, 3.63) is 22.2 Å². The van der Waals surface area contributed by atoms with Gasteiger partial charge in [-0.15, -0.1) is 0 Å². The first-order chi connectivity index (χ1) is 7.58. The monoisotopic (exact) mass is 241 g/mol. The lowest BCUT2D eigenvalue weighted by Crippen LogP contribution is -2.01. The van der Waals surface area contributed by atoms with E-state index in [0.717, 1.165) is 11.3 Å². The molecule has 0 spiro atoms. The van der Waals surface area contributed by atoms with Gasteiger partial charge in [-0.25, -0.2) is 0 Å². The number of aromatic nitrogens is 4. The van der Waals surface area contributed by atoms with Crippen LogP contribution in [0, 0.1) is 13.8 Å². The van der Waals surface area contributed by atoms with Crippen molar-refractivity contribution >= 4 is 17.6 Å². The fourth-order valence-corrected chi connectivity index (χ4v) is 1.65. The Morgan fingerprint density at radius 3 is 2.69 bits per heavy atom. The maximum atomic E-state index is 6.08. The van der Waals surface area contributed by atoms with E-state index in [1.165, 1.54) is 0 Å². The van der Waals surface area contributed by atoms with E-state index in [1.807, 2.05) is 6.92 Å². The molecule has 0 unspecified atom stereocenters. The first-order valence-electron chi connectivity index (χ1n) is 4.80. The van der Waals surface area contributed by atoms with Crippen LogP contribution in [-0.2, 0) is 13.6 Å². The SMILES string of the molecule is Cc1noc(NCc2c(C)nn(C)c2Cl)n1. The maximum absolute atomic E-state index is 6.08. The second kappa shape index (κ2) is 4.13. The highest BCUT2D eigenvalue weighted by Crippen LogP contribution is 2.19. The van der Waals surface area contributed by atoms with Crippen molar-refractivity contribution in [3.8, 4) is 0 Å². The molecule has 2 heterocycles. The first kappa shape index (κ1) is 10.9. The largest absolute Gasteiger partial charge is 0.333 e. The summed E-state index contributed by atoms with van der Waals surface area (Å²) in [6.45, 7) is 4.18. The second-order valence-electron chi connectivity index (χ2n) is 3.48. The average molecular weight is 242 g/mol. The highest BCUT2D eigenvalue weighted by molar-refractivity contribution is 6.30. The van der Waals surface area contributed by atoms with E-state index in [2.05, 4.69) is 20.6 Å². The summed E-state index contributed by atoms with van der Waals surface area (Å²) in [6.07, 6.45) is 0. The van der Waals surface area contributed by atoms with Crippen LogP contribution >= 0.6 is 11.6 Å². The molecule has 0 aliphatic carbocycles. The maximum Gasteiger partial charge on any atom is 0.321 e. The molecule has 86 valence electrons. The standard InChI is InChI=1S/C9H12ClN5O/c1-5-7(8(10)15(3)13-5)4-11-9-12-6(2)14-16-9/h4H2,1-3H3,(H,11,12,14). The molecule has 7 heteroatoms. The number of nitrogens with one attached hydrogen (secondary N) is 1. The summed E-state index contributed by atoms with van der Waals surface area (Å²) in [7, 11) is 1.80. The van der Waals surface area contributed by atoms with E-state index in [1.54, 1.807) is 18.7 Å². The summed E-state index contributed by atoms with van der Waals surface area (Å²) in [5.74, 6) is 0.594. The van der Waals surface area contributed by atoms with Crippen LogP contribution in [0.1, 0.15) is 17.1 Å². The average Bonchev–Trinajstić information content (AvgIpc) is 2.72. The Morgan fingerprint density at radius 1 is 1.44 bits per heavy atom. The van der Waals surface area contributed by atoms with E-state index in [0.29, 0.717) is 23.5 Å². The van der Waals surface area contributed by atoms with Gasteiger partial charge < -0.3 is 9.84 Å². The van der Waals surface area contributed by atoms with E-state index < -0.39 is 0 Å². The fourth-order valence-electron chi connectivity index (χ4n) is 1.41. The lowest BCUT2D eigenvalue weighted by atomic mass is 10.2. The molecule has 0 saturated heterocycles. The smallest absolute Gasteiger partial charge is 0.321 e. The zero-order valence-electron chi connectivity index (χ0n) is 9.28. The lowest BCUT2D eigenvalue weighted by molar-refractivity contribution is 0.425. The third kappa shape index (κ3) is 2.01. The van der Waals surface area contributed by atoms with Gasteiger partial charge in [-0.1, -0.05) is 16.8 Å². The topological polar surface area (TPSA) is 68.8 Å². The number of hydrogen-bond acceptors (Lipinski definition) is 5. The minimum absolute atomic E-state index is 0.386. The first-order valence-corrected chi connectivity index (χ1v) is 5.18. The summed E-state index contributed by atoms with van der Waals surface area (Å²) in [5, 5.41) is 11.5. The van der Waals surface area contributed by atoms with E-state index in [9.17, 15) is 0 Å². The molecule has 0 aliphatic heterocycles. The van der Waals surface area contributed by atoms with Gasteiger partial charge in [-0.05, 0) is 13.8 Å². The van der Waals surface area contributed by atoms with E-state index in [4.69, 9.17) is 16.1 Å². The Balaban J connectivity index is 2.10. The number of nitrogens with zero attached hydrogens (tertiary/aromatic N) is 4. The van der Waals surface area contributed by atoms with E-state index >= 15 is 0 Å². The lowest BCUT2D eigenvalue weighted by Gasteiger charge is -2.00. The van der Waals surface area contributed by atoms with Gasteiger partial charge in [0.1, 0.15) is 5.15 Å². The van der Waals surface area contributed by atoms with Crippen LogP contribution in [0.5, 0.6) is 0 Å². The quantitative estimate of drug-likeness (QED) is 0.886. The van der Waals surface area contributed by atoms with Crippen molar-refractivity contribution in [1.82, 2.24) is 19.9 Å². The minimum Gasteiger partial charge on any atom is -0.333 e. The molecule has 0 atom stereocenters. The van der Waals surface area contributed by atoms with Crippen LogP contribution < -0.4 is 5.32 Å². The number of rotatable bonds is 3. The molecule has 0 amide bonds. The van der Waals surface area contributed by atoms with Crippen LogP contribution in [-0.4, -0.2) is 19.9 Å². The zero-order chi connectivity index (χ0) is 11.7. The molecule has 0 saturated carbocycles. The van der Waals surface area contributed by atoms with Gasteiger partial charge in [0.25, 0.3) is 0 Å². The van der Waals surface area contributed by atoms with Crippen molar-refractivity contribution in [2.24, 2.45) is 7.05 Å².